The molecule has 2 atom stereocenters. The Balaban J connectivity index is 2.00. The van der Waals surface area contributed by atoms with Crippen LogP contribution in [0.2, 0.25) is 0 Å². The van der Waals surface area contributed by atoms with Gasteiger partial charge in [-0.3, -0.25) is 4.79 Å². The van der Waals surface area contributed by atoms with Crippen molar-refractivity contribution in [1.29, 1.82) is 0 Å². The van der Waals surface area contributed by atoms with Gasteiger partial charge in [0.05, 0.1) is 0 Å². The fourth-order valence-electron chi connectivity index (χ4n) is 2.86. The molecule has 0 bridgehead atoms. The number of amides is 1. The predicted molar refractivity (Wildman–Crippen MR) is 77.7 cm³/mol. The van der Waals surface area contributed by atoms with Crippen LogP contribution in [0.3, 0.4) is 0 Å². The van der Waals surface area contributed by atoms with Gasteiger partial charge in [-0.1, -0.05) is 18.6 Å². The molecule has 0 saturated heterocycles. The van der Waals surface area contributed by atoms with E-state index in [1.807, 2.05) is 31.3 Å². The maximum absolute atomic E-state index is 12.3. The summed E-state index contributed by atoms with van der Waals surface area (Å²) in [6, 6.07) is 7.96. The zero-order valence-electron chi connectivity index (χ0n) is 11.5. The number of benzene rings is 1. The predicted octanol–water partition coefficient (Wildman–Crippen LogP) is 1.72. The van der Waals surface area contributed by atoms with Gasteiger partial charge in [-0.2, -0.15) is 0 Å². The third-order valence-corrected chi connectivity index (χ3v) is 3.87. The SMILES string of the molecule is CNCc1cccc(NC(=O)[C@@H]2CCC[C@@H]2CN)c1. The van der Waals surface area contributed by atoms with E-state index >= 15 is 0 Å². The highest BCUT2D eigenvalue weighted by molar-refractivity contribution is 5.93. The molecule has 0 aromatic heterocycles. The van der Waals surface area contributed by atoms with Crippen molar-refractivity contribution in [1.82, 2.24) is 5.32 Å². The molecule has 4 heteroatoms. The van der Waals surface area contributed by atoms with Gasteiger partial charge in [-0.25, -0.2) is 0 Å². The minimum Gasteiger partial charge on any atom is -0.330 e. The van der Waals surface area contributed by atoms with Gasteiger partial charge in [-0.05, 0) is 50.0 Å². The van der Waals surface area contributed by atoms with Gasteiger partial charge in [0.15, 0.2) is 0 Å². The summed E-state index contributed by atoms with van der Waals surface area (Å²) < 4.78 is 0. The molecular weight excluding hydrogens is 238 g/mol. The molecule has 0 aliphatic heterocycles. The molecule has 2 rings (SSSR count). The zero-order chi connectivity index (χ0) is 13.7. The first-order valence-corrected chi connectivity index (χ1v) is 6.99. The molecular formula is C15H23N3O. The van der Waals surface area contributed by atoms with E-state index < -0.39 is 0 Å². The van der Waals surface area contributed by atoms with Crippen LogP contribution in [0, 0.1) is 11.8 Å². The summed E-state index contributed by atoms with van der Waals surface area (Å²) in [6.07, 6.45) is 3.15. The van der Waals surface area contributed by atoms with Crippen molar-refractivity contribution in [2.24, 2.45) is 17.6 Å². The first-order valence-electron chi connectivity index (χ1n) is 6.99. The van der Waals surface area contributed by atoms with Gasteiger partial charge in [0.2, 0.25) is 5.91 Å². The standard InChI is InChI=1S/C15H23N3O/c1-17-10-11-4-2-6-13(8-11)18-15(19)14-7-3-5-12(14)9-16/h2,4,6,8,12,14,17H,3,5,7,9-10,16H2,1H3,(H,18,19)/t12-,14-/m1/s1. The van der Waals surface area contributed by atoms with Crippen molar-refractivity contribution in [2.45, 2.75) is 25.8 Å². The summed E-state index contributed by atoms with van der Waals surface area (Å²) in [6.45, 7) is 1.41. The van der Waals surface area contributed by atoms with Crippen LogP contribution >= 0.6 is 0 Å². The third-order valence-electron chi connectivity index (χ3n) is 3.87. The second-order valence-electron chi connectivity index (χ2n) is 5.25. The van der Waals surface area contributed by atoms with Crippen molar-refractivity contribution >= 4 is 11.6 Å². The van der Waals surface area contributed by atoms with Crippen LogP contribution in [0.15, 0.2) is 24.3 Å². The molecule has 104 valence electrons. The highest BCUT2D eigenvalue weighted by Gasteiger charge is 2.31. The van der Waals surface area contributed by atoms with E-state index in [0.29, 0.717) is 12.5 Å². The van der Waals surface area contributed by atoms with E-state index in [4.69, 9.17) is 5.73 Å². The van der Waals surface area contributed by atoms with Gasteiger partial charge in [0.25, 0.3) is 0 Å². The number of carbonyl (C=O) groups is 1. The average molecular weight is 261 g/mol. The summed E-state index contributed by atoms with van der Waals surface area (Å²) in [5.41, 5.74) is 7.77. The summed E-state index contributed by atoms with van der Waals surface area (Å²) in [4.78, 5) is 12.3. The molecule has 1 aliphatic carbocycles. The molecule has 0 radical (unpaired) electrons. The molecule has 19 heavy (non-hydrogen) atoms. The van der Waals surface area contributed by atoms with Crippen LogP contribution in [0.5, 0.6) is 0 Å². The minimum absolute atomic E-state index is 0.0814. The molecule has 0 unspecified atom stereocenters. The third kappa shape index (κ3) is 3.55. The summed E-state index contributed by atoms with van der Waals surface area (Å²) in [5.74, 6) is 0.549. The quantitative estimate of drug-likeness (QED) is 0.756. The van der Waals surface area contributed by atoms with Gasteiger partial charge in [-0.15, -0.1) is 0 Å². The molecule has 1 aromatic rings. The maximum atomic E-state index is 12.3. The number of rotatable bonds is 5. The van der Waals surface area contributed by atoms with Crippen molar-refractivity contribution in [3.8, 4) is 0 Å². The lowest BCUT2D eigenvalue weighted by Crippen LogP contribution is -2.29. The van der Waals surface area contributed by atoms with E-state index in [0.717, 1.165) is 31.5 Å². The van der Waals surface area contributed by atoms with Crippen molar-refractivity contribution in [3.63, 3.8) is 0 Å². The Bertz CT molecular complexity index is 433. The first-order chi connectivity index (χ1) is 9.24. The van der Waals surface area contributed by atoms with Gasteiger partial charge >= 0.3 is 0 Å². The molecule has 1 aliphatic rings. The smallest absolute Gasteiger partial charge is 0.227 e. The molecule has 0 heterocycles. The number of hydrogen-bond donors (Lipinski definition) is 3. The monoisotopic (exact) mass is 261 g/mol. The summed E-state index contributed by atoms with van der Waals surface area (Å²) in [5, 5.41) is 6.13. The van der Waals surface area contributed by atoms with Crippen LogP contribution in [0.1, 0.15) is 24.8 Å². The number of carbonyl (C=O) groups excluding carboxylic acids is 1. The second-order valence-corrected chi connectivity index (χ2v) is 5.25. The molecule has 1 aromatic carbocycles. The van der Waals surface area contributed by atoms with E-state index in [1.54, 1.807) is 0 Å². The molecule has 4 nitrogen and oxygen atoms in total. The zero-order valence-corrected chi connectivity index (χ0v) is 11.5. The lowest BCUT2D eigenvalue weighted by molar-refractivity contribution is -0.120. The van der Waals surface area contributed by atoms with Gasteiger partial charge in [0.1, 0.15) is 0 Å². The normalized spacial score (nSPS) is 22.4. The van der Waals surface area contributed by atoms with Crippen molar-refractivity contribution < 1.29 is 4.79 Å². The van der Waals surface area contributed by atoms with Crippen LogP contribution < -0.4 is 16.4 Å². The highest BCUT2D eigenvalue weighted by Crippen LogP contribution is 2.31. The van der Waals surface area contributed by atoms with Crippen LogP contribution in [0.4, 0.5) is 5.69 Å². The van der Waals surface area contributed by atoms with Gasteiger partial charge in [0, 0.05) is 18.2 Å². The fourth-order valence-corrected chi connectivity index (χ4v) is 2.86. The van der Waals surface area contributed by atoms with Crippen molar-refractivity contribution in [3.05, 3.63) is 29.8 Å². The topological polar surface area (TPSA) is 67.1 Å². The largest absolute Gasteiger partial charge is 0.330 e. The fraction of sp³-hybridized carbons (Fsp3) is 0.533. The van der Waals surface area contributed by atoms with Gasteiger partial charge < -0.3 is 16.4 Å². The van der Waals surface area contributed by atoms with Crippen molar-refractivity contribution in [2.75, 3.05) is 18.9 Å². The van der Waals surface area contributed by atoms with Crippen LogP contribution in [0.25, 0.3) is 0 Å². The van der Waals surface area contributed by atoms with Crippen LogP contribution in [-0.4, -0.2) is 19.5 Å². The Kier molecular flexibility index (Phi) is 4.93. The Morgan fingerprint density at radius 3 is 3.00 bits per heavy atom. The number of hydrogen-bond acceptors (Lipinski definition) is 3. The highest BCUT2D eigenvalue weighted by atomic mass is 16.1. The van der Waals surface area contributed by atoms with E-state index in [2.05, 4.69) is 10.6 Å². The summed E-state index contributed by atoms with van der Waals surface area (Å²) >= 11 is 0. The van der Waals surface area contributed by atoms with E-state index in [-0.39, 0.29) is 11.8 Å². The Morgan fingerprint density at radius 2 is 2.26 bits per heavy atom. The minimum atomic E-state index is 0.0814. The summed E-state index contributed by atoms with van der Waals surface area (Å²) in [7, 11) is 1.91. The van der Waals surface area contributed by atoms with E-state index in [1.165, 1.54) is 5.56 Å². The first kappa shape index (κ1) is 14.0. The Labute approximate surface area is 114 Å². The second kappa shape index (κ2) is 6.68. The Morgan fingerprint density at radius 1 is 1.42 bits per heavy atom. The van der Waals surface area contributed by atoms with E-state index in [9.17, 15) is 4.79 Å². The maximum Gasteiger partial charge on any atom is 0.227 e. The number of nitrogens with one attached hydrogen (secondary N) is 2. The Hall–Kier alpha value is -1.39. The molecule has 0 spiro atoms. The van der Waals surface area contributed by atoms with Crippen LogP contribution in [-0.2, 0) is 11.3 Å². The lowest BCUT2D eigenvalue weighted by atomic mass is 9.95. The average Bonchev–Trinajstić information content (AvgIpc) is 2.88. The molecule has 1 saturated carbocycles. The lowest BCUT2D eigenvalue weighted by Gasteiger charge is -2.17. The molecule has 1 fully saturated rings. The molecule has 4 N–H and O–H groups in total. The number of nitrogens with two attached hydrogens (primary N) is 1. The number of anilines is 1. The molecule has 1 amide bonds.